The predicted molar refractivity (Wildman–Crippen MR) is 131 cm³/mol. The van der Waals surface area contributed by atoms with E-state index in [9.17, 15) is 9.59 Å². The van der Waals surface area contributed by atoms with Crippen molar-refractivity contribution >= 4 is 52.1 Å². The van der Waals surface area contributed by atoms with Crippen molar-refractivity contribution < 1.29 is 14.3 Å². The van der Waals surface area contributed by atoms with Crippen LogP contribution in [0.3, 0.4) is 0 Å². The van der Waals surface area contributed by atoms with Crippen LogP contribution in [0.5, 0.6) is 5.75 Å². The summed E-state index contributed by atoms with van der Waals surface area (Å²) < 4.78 is 5.14. The van der Waals surface area contributed by atoms with E-state index in [0.29, 0.717) is 33.8 Å². The summed E-state index contributed by atoms with van der Waals surface area (Å²) in [5, 5.41) is 3.72. The van der Waals surface area contributed by atoms with E-state index < -0.39 is 6.04 Å². The van der Waals surface area contributed by atoms with Gasteiger partial charge < -0.3 is 15.0 Å². The molecule has 2 heterocycles. The molecule has 1 N–H and O–H groups in total. The largest absolute Gasteiger partial charge is 0.497 e. The lowest BCUT2D eigenvalue weighted by Gasteiger charge is -2.23. The van der Waals surface area contributed by atoms with E-state index in [1.54, 1.807) is 72.9 Å². The molecule has 1 saturated heterocycles. The molecule has 168 valence electrons. The molecule has 0 spiro atoms. The van der Waals surface area contributed by atoms with Crippen LogP contribution in [0.1, 0.15) is 12.0 Å². The first-order valence-electron chi connectivity index (χ1n) is 10.2. The Morgan fingerprint density at radius 2 is 1.88 bits per heavy atom. The Balaban J connectivity index is 1.57. The molecule has 7 nitrogen and oxygen atoms in total. The Morgan fingerprint density at radius 1 is 1.15 bits per heavy atom. The summed E-state index contributed by atoms with van der Waals surface area (Å²) in [5.41, 5.74) is 2.09. The zero-order valence-electron chi connectivity index (χ0n) is 17.8. The smallest absolute Gasteiger partial charge is 0.256 e. The molecule has 1 atom stereocenters. The Kier molecular flexibility index (Phi) is 6.86. The van der Waals surface area contributed by atoms with E-state index in [1.165, 1.54) is 4.90 Å². The summed E-state index contributed by atoms with van der Waals surface area (Å²) in [4.78, 5) is 33.6. The number of halogens is 1. The molecule has 2 aromatic carbocycles. The lowest BCUT2D eigenvalue weighted by Crippen LogP contribution is -2.37. The van der Waals surface area contributed by atoms with E-state index in [1.807, 2.05) is 12.1 Å². The number of methoxy groups -OCH3 is 1. The number of aromatic nitrogens is 1. The van der Waals surface area contributed by atoms with E-state index >= 15 is 0 Å². The Labute approximate surface area is 201 Å². The van der Waals surface area contributed by atoms with Crippen LogP contribution in [-0.2, 0) is 16.1 Å². The highest BCUT2D eigenvalue weighted by atomic mass is 35.5. The Hall–Kier alpha value is -3.49. The van der Waals surface area contributed by atoms with Gasteiger partial charge in [-0.3, -0.25) is 19.5 Å². The summed E-state index contributed by atoms with van der Waals surface area (Å²) in [7, 11) is 1.57. The molecule has 4 rings (SSSR count). The number of thiocarbonyl (C=S) groups is 1. The molecule has 0 radical (unpaired) electrons. The topological polar surface area (TPSA) is 74.8 Å². The first-order chi connectivity index (χ1) is 16.0. The highest BCUT2D eigenvalue weighted by Crippen LogP contribution is 2.29. The van der Waals surface area contributed by atoms with Crippen molar-refractivity contribution in [3.8, 4) is 5.75 Å². The van der Waals surface area contributed by atoms with Crippen molar-refractivity contribution in [2.75, 3.05) is 17.3 Å². The van der Waals surface area contributed by atoms with Gasteiger partial charge in [0.05, 0.1) is 19.2 Å². The number of nitrogens with one attached hydrogen (secondary N) is 1. The molecule has 0 aliphatic carbocycles. The number of anilines is 2. The van der Waals surface area contributed by atoms with Crippen molar-refractivity contribution in [3.05, 3.63) is 83.6 Å². The highest BCUT2D eigenvalue weighted by molar-refractivity contribution is 7.80. The maximum absolute atomic E-state index is 13.4. The molecule has 33 heavy (non-hydrogen) atoms. The lowest BCUT2D eigenvalue weighted by molar-refractivity contribution is -0.124. The van der Waals surface area contributed by atoms with Gasteiger partial charge in [0.15, 0.2) is 5.11 Å². The fourth-order valence-electron chi connectivity index (χ4n) is 3.59. The lowest BCUT2D eigenvalue weighted by atomic mass is 10.1. The van der Waals surface area contributed by atoms with Gasteiger partial charge in [-0.15, -0.1) is 0 Å². The third kappa shape index (κ3) is 5.13. The highest BCUT2D eigenvalue weighted by Gasteiger charge is 2.44. The molecular weight excluding hydrogens is 460 g/mol. The molecule has 0 bridgehead atoms. The van der Waals surface area contributed by atoms with E-state index in [-0.39, 0.29) is 18.2 Å². The van der Waals surface area contributed by atoms with Gasteiger partial charge >= 0.3 is 0 Å². The number of benzene rings is 2. The number of pyridine rings is 1. The van der Waals surface area contributed by atoms with Gasteiger partial charge in [-0.1, -0.05) is 17.7 Å². The summed E-state index contributed by atoms with van der Waals surface area (Å²) in [6, 6.07) is 16.8. The van der Waals surface area contributed by atoms with Crippen molar-refractivity contribution in [2.45, 2.75) is 19.0 Å². The molecule has 1 aromatic heterocycles. The fourth-order valence-corrected chi connectivity index (χ4v) is 4.11. The van der Waals surface area contributed by atoms with E-state index in [0.717, 1.165) is 5.56 Å². The second-order valence-corrected chi connectivity index (χ2v) is 8.22. The number of ether oxygens (including phenoxy) is 1. The molecule has 9 heteroatoms. The Morgan fingerprint density at radius 3 is 2.52 bits per heavy atom. The van der Waals surface area contributed by atoms with Crippen molar-refractivity contribution in [2.24, 2.45) is 0 Å². The van der Waals surface area contributed by atoms with E-state index in [2.05, 4.69) is 10.3 Å². The predicted octanol–water partition coefficient (Wildman–Crippen LogP) is 4.27. The average molecular weight is 481 g/mol. The van der Waals surface area contributed by atoms with Crippen LogP contribution in [0.4, 0.5) is 11.4 Å². The fraction of sp³-hybridized carbons (Fsp3) is 0.167. The van der Waals surface area contributed by atoms with Gasteiger partial charge in [0.1, 0.15) is 11.8 Å². The normalized spacial score (nSPS) is 15.6. The summed E-state index contributed by atoms with van der Waals surface area (Å²) in [6.45, 7) is 0.350. The second-order valence-electron chi connectivity index (χ2n) is 7.42. The zero-order valence-corrected chi connectivity index (χ0v) is 19.3. The van der Waals surface area contributed by atoms with Crippen LogP contribution in [0, 0.1) is 0 Å². The van der Waals surface area contributed by atoms with Crippen LogP contribution in [0.25, 0.3) is 0 Å². The molecule has 1 aliphatic heterocycles. The number of rotatable bonds is 7. The average Bonchev–Trinajstić information content (AvgIpc) is 3.05. The van der Waals surface area contributed by atoms with Crippen LogP contribution in [0.2, 0.25) is 5.02 Å². The Bertz CT molecular complexity index is 1160. The number of amides is 2. The first-order valence-corrected chi connectivity index (χ1v) is 11.0. The summed E-state index contributed by atoms with van der Waals surface area (Å²) in [6.07, 6.45) is 3.33. The monoisotopic (exact) mass is 480 g/mol. The van der Waals surface area contributed by atoms with Gasteiger partial charge in [0.25, 0.3) is 5.91 Å². The quantitative estimate of drug-likeness (QED) is 0.509. The number of carbonyl (C=O) groups is 2. The minimum absolute atomic E-state index is 0.0602. The maximum atomic E-state index is 13.4. The van der Waals surface area contributed by atoms with Crippen LogP contribution >= 0.6 is 23.8 Å². The number of hydrogen-bond donors (Lipinski definition) is 1. The molecule has 0 saturated carbocycles. The minimum atomic E-state index is -0.758. The SMILES string of the molecule is COc1ccc(NC(=O)C[C@@H]2C(=O)N(c3ccc(Cl)cc3)C(=S)N2Cc2cccnc2)cc1. The first kappa shape index (κ1) is 22.7. The van der Waals surface area contributed by atoms with Gasteiger partial charge in [0, 0.05) is 29.6 Å². The van der Waals surface area contributed by atoms with E-state index in [4.69, 9.17) is 28.6 Å². The molecule has 0 unspecified atom stereocenters. The van der Waals surface area contributed by atoms with Crippen LogP contribution < -0.4 is 15.0 Å². The van der Waals surface area contributed by atoms with Gasteiger partial charge in [-0.2, -0.15) is 0 Å². The zero-order chi connectivity index (χ0) is 23.4. The van der Waals surface area contributed by atoms with Crippen LogP contribution in [0.15, 0.2) is 73.1 Å². The number of carbonyl (C=O) groups excluding carboxylic acids is 2. The van der Waals surface area contributed by atoms with Crippen molar-refractivity contribution in [1.82, 2.24) is 9.88 Å². The van der Waals surface area contributed by atoms with Crippen LogP contribution in [-0.4, -0.2) is 40.0 Å². The summed E-state index contributed by atoms with van der Waals surface area (Å²) in [5.74, 6) is 0.122. The standard InChI is InChI=1S/C24H21ClN4O3S/c1-32-20-10-6-18(7-11-20)27-22(30)13-21-23(31)29(19-8-4-17(25)5-9-19)24(33)28(21)15-16-3-2-12-26-14-16/h2-12,14,21H,13,15H2,1H3,(H,27,30)/t21-/m1/s1. The van der Waals surface area contributed by atoms with Gasteiger partial charge in [0.2, 0.25) is 5.91 Å². The molecule has 1 fully saturated rings. The van der Waals surface area contributed by atoms with Gasteiger partial charge in [-0.25, -0.2) is 0 Å². The van der Waals surface area contributed by atoms with Gasteiger partial charge in [-0.05, 0) is 72.4 Å². The molecule has 1 aliphatic rings. The summed E-state index contributed by atoms with van der Waals surface area (Å²) >= 11 is 11.7. The third-order valence-electron chi connectivity index (χ3n) is 5.23. The molecule has 2 amide bonds. The minimum Gasteiger partial charge on any atom is -0.497 e. The molecular formula is C24H21ClN4O3S. The van der Waals surface area contributed by atoms with Crippen molar-refractivity contribution in [1.29, 1.82) is 0 Å². The second kappa shape index (κ2) is 9.97. The number of nitrogens with zero attached hydrogens (tertiary/aromatic N) is 3. The maximum Gasteiger partial charge on any atom is 0.256 e. The number of hydrogen-bond acceptors (Lipinski definition) is 5. The third-order valence-corrected chi connectivity index (χ3v) is 5.90. The molecule has 3 aromatic rings. The van der Waals surface area contributed by atoms with Crippen molar-refractivity contribution in [3.63, 3.8) is 0 Å².